The quantitative estimate of drug-likeness (QED) is 0.754. The Bertz CT molecular complexity index is 511. The number of carbonyl (C=O) groups is 2. The Morgan fingerprint density at radius 2 is 2.14 bits per heavy atom. The molecule has 1 aromatic rings. The highest BCUT2D eigenvalue weighted by atomic mass is 79.9. The van der Waals surface area contributed by atoms with Crippen LogP contribution in [0.5, 0.6) is 0 Å². The first-order chi connectivity index (χ1) is 9.95. The van der Waals surface area contributed by atoms with E-state index >= 15 is 0 Å². The predicted molar refractivity (Wildman–Crippen MR) is 80.6 cm³/mol. The fourth-order valence-electron chi connectivity index (χ4n) is 1.66. The Labute approximate surface area is 131 Å². The van der Waals surface area contributed by atoms with Crippen molar-refractivity contribution in [2.45, 2.75) is 6.42 Å². The van der Waals surface area contributed by atoms with Gasteiger partial charge in [-0.25, -0.2) is 4.39 Å². The second-order valence-corrected chi connectivity index (χ2v) is 5.34. The smallest absolute Gasteiger partial charge is 0.255 e. The molecule has 5 nitrogen and oxygen atoms in total. The van der Waals surface area contributed by atoms with E-state index in [-0.39, 0.29) is 18.4 Å². The fourth-order valence-corrected chi connectivity index (χ4v) is 2.18. The standard InChI is InChI=1S/C14H18BrFN2O3/c1-18(9-13(19)17-6-3-7-21-2)14(20)11-5-4-10(16)8-12(11)15/h4-5,8H,3,6-7,9H2,1-2H3,(H,17,19). The van der Waals surface area contributed by atoms with Crippen molar-refractivity contribution in [2.75, 3.05) is 33.9 Å². The van der Waals surface area contributed by atoms with Crippen LogP contribution in [-0.2, 0) is 9.53 Å². The molecule has 0 atom stereocenters. The molecule has 0 bridgehead atoms. The van der Waals surface area contributed by atoms with Gasteiger partial charge in [-0.2, -0.15) is 0 Å². The lowest BCUT2D eigenvalue weighted by atomic mass is 10.2. The predicted octanol–water partition coefficient (Wildman–Crippen LogP) is 1.81. The maximum atomic E-state index is 13.0. The summed E-state index contributed by atoms with van der Waals surface area (Å²) in [7, 11) is 3.11. The van der Waals surface area contributed by atoms with Gasteiger partial charge in [-0.3, -0.25) is 9.59 Å². The van der Waals surface area contributed by atoms with Crippen molar-refractivity contribution < 1.29 is 18.7 Å². The van der Waals surface area contributed by atoms with E-state index in [1.54, 1.807) is 7.11 Å². The molecule has 0 aliphatic heterocycles. The number of ether oxygens (including phenoxy) is 1. The lowest BCUT2D eigenvalue weighted by Crippen LogP contribution is -2.39. The third kappa shape index (κ3) is 5.81. The van der Waals surface area contributed by atoms with Gasteiger partial charge < -0.3 is 15.0 Å². The molecule has 1 rings (SSSR count). The number of hydrogen-bond acceptors (Lipinski definition) is 3. The van der Waals surface area contributed by atoms with Crippen LogP contribution in [0.15, 0.2) is 22.7 Å². The van der Waals surface area contributed by atoms with Crippen LogP contribution in [0.4, 0.5) is 4.39 Å². The van der Waals surface area contributed by atoms with Gasteiger partial charge in [-0.05, 0) is 40.5 Å². The Kier molecular flexibility index (Phi) is 7.31. The van der Waals surface area contributed by atoms with E-state index in [1.165, 1.54) is 30.1 Å². The van der Waals surface area contributed by atoms with Crippen LogP contribution in [0, 0.1) is 5.82 Å². The molecule has 0 spiro atoms. The highest BCUT2D eigenvalue weighted by molar-refractivity contribution is 9.10. The number of likely N-dealkylation sites (N-methyl/N-ethyl adjacent to an activating group) is 1. The van der Waals surface area contributed by atoms with Gasteiger partial charge in [0, 0.05) is 31.8 Å². The monoisotopic (exact) mass is 360 g/mol. The zero-order valence-corrected chi connectivity index (χ0v) is 13.6. The van der Waals surface area contributed by atoms with Crippen molar-refractivity contribution in [3.05, 3.63) is 34.1 Å². The summed E-state index contributed by atoms with van der Waals surface area (Å²) in [5, 5.41) is 2.69. The number of nitrogens with one attached hydrogen (secondary N) is 1. The first-order valence-corrected chi connectivity index (χ1v) is 7.21. The molecule has 0 unspecified atom stereocenters. The lowest BCUT2D eigenvalue weighted by molar-refractivity contribution is -0.121. The van der Waals surface area contributed by atoms with E-state index in [0.29, 0.717) is 29.6 Å². The minimum absolute atomic E-state index is 0.0599. The number of halogens is 2. The van der Waals surface area contributed by atoms with E-state index in [4.69, 9.17) is 4.74 Å². The minimum Gasteiger partial charge on any atom is -0.385 e. The summed E-state index contributed by atoms with van der Waals surface area (Å²) in [6.07, 6.45) is 0.712. The Morgan fingerprint density at radius 3 is 2.76 bits per heavy atom. The van der Waals surface area contributed by atoms with Crippen molar-refractivity contribution >= 4 is 27.7 Å². The molecule has 0 radical (unpaired) electrons. The number of rotatable bonds is 7. The van der Waals surface area contributed by atoms with Crippen LogP contribution in [0.2, 0.25) is 0 Å². The van der Waals surface area contributed by atoms with Gasteiger partial charge in [0.2, 0.25) is 5.91 Å². The summed E-state index contributed by atoms with van der Waals surface area (Å²) in [5.41, 5.74) is 0.311. The molecule has 0 aliphatic carbocycles. The van der Waals surface area contributed by atoms with Gasteiger partial charge in [-0.1, -0.05) is 0 Å². The Hall–Kier alpha value is -1.47. The molecular formula is C14H18BrFN2O3. The molecule has 116 valence electrons. The minimum atomic E-state index is -0.433. The van der Waals surface area contributed by atoms with E-state index in [9.17, 15) is 14.0 Å². The first kappa shape index (κ1) is 17.6. The third-order valence-corrected chi connectivity index (χ3v) is 3.39. The molecule has 0 fully saturated rings. The summed E-state index contributed by atoms with van der Waals surface area (Å²) in [6, 6.07) is 3.80. The molecular weight excluding hydrogens is 343 g/mol. The van der Waals surface area contributed by atoms with E-state index in [0.717, 1.165) is 0 Å². The number of hydrogen-bond donors (Lipinski definition) is 1. The molecule has 0 saturated carbocycles. The highest BCUT2D eigenvalue weighted by Gasteiger charge is 2.17. The van der Waals surface area contributed by atoms with Crippen LogP contribution >= 0.6 is 15.9 Å². The molecule has 1 aromatic carbocycles. The SMILES string of the molecule is COCCCNC(=O)CN(C)C(=O)c1ccc(F)cc1Br. The summed E-state index contributed by atoms with van der Waals surface area (Å²) < 4.78 is 18.2. The molecule has 0 aromatic heterocycles. The molecule has 21 heavy (non-hydrogen) atoms. The normalized spacial score (nSPS) is 10.3. The van der Waals surface area contributed by atoms with Gasteiger partial charge >= 0.3 is 0 Å². The van der Waals surface area contributed by atoms with Crippen molar-refractivity contribution in [1.29, 1.82) is 0 Å². The van der Waals surface area contributed by atoms with Crippen molar-refractivity contribution in [2.24, 2.45) is 0 Å². The van der Waals surface area contributed by atoms with Gasteiger partial charge in [0.25, 0.3) is 5.91 Å². The number of carbonyl (C=O) groups excluding carboxylic acids is 2. The molecule has 2 amide bonds. The molecule has 0 aliphatic rings. The van der Waals surface area contributed by atoms with E-state index < -0.39 is 5.82 Å². The van der Waals surface area contributed by atoms with Crippen molar-refractivity contribution in [3.8, 4) is 0 Å². The maximum absolute atomic E-state index is 13.0. The van der Waals surface area contributed by atoms with Crippen LogP contribution in [0.3, 0.4) is 0 Å². The number of amides is 2. The number of nitrogens with zero attached hydrogens (tertiary/aromatic N) is 1. The Balaban J connectivity index is 2.52. The molecule has 1 N–H and O–H groups in total. The number of benzene rings is 1. The summed E-state index contributed by atoms with van der Waals surface area (Å²) >= 11 is 3.14. The van der Waals surface area contributed by atoms with Crippen molar-refractivity contribution in [1.82, 2.24) is 10.2 Å². The maximum Gasteiger partial charge on any atom is 0.255 e. The van der Waals surface area contributed by atoms with Crippen LogP contribution in [-0.4, -0.2) is 50.6 Å². The molecule has 0 saturated heterocycles. The average Bonchev–Trinajstić information content (AvgIpc) is 2.43. The fraction of sp³-hybridized carbons (Fsp3) is 0.429. The second kappa shape index (κ2) is 8.74. The zero-order valence-electron chi connectivity index (χ0n) is 12.0. The topological polar surface area (TPSA) is 58.6 Å². The van der Waals surface area contributed by atoms with E-state index in [1.807, 2.05) is 0 Å². The Morgan fingerprint density at radius 1 is 1.43 bits per heavy atom. The lowest BCUT2D eigenvalue weighted by Gasteiger charge is -2.17. The van der Waals surface area contributed by atoms with Gasteiger partial charge in [0.15, 0.2) is 0 Å². The van der Waals surface area contributed by atoms with E-state index in [2.05, 4.69) is 21.2 Å². The average molecular weight is 361 g/mol. The summed E-state index contributed by atoms with van der Waals surface area (Å²) in [4.78, 5) is 25.1. The summed E-state index contributed by atoms with van der Waals surface area (Å²) in [6.45, 7) is 1.00. The number of methoxy groups -OCH3 is 1. The van der Waals surface area contributed by atoms with Crippen molar-refractivity contribution in [3.63, 3.8) is 0 Å². The molecule has 0 heterocycles. The largest absolute Gasteiger partial charge is 0.385 e. The molecule has 7 heteroatoms. The van der Waals surface area contributed by atoms with Gasteiger partial charge in [0.05, 0.1) is 12.1 Å². The van der Waals surface area contributed by atoms with Gasteiger partial charge in [0.1, 0.15) is 5.82 Å². The van der Waals surface area contributed by atoms with Gasteiger partial charge in [-0.15, -0.1) is 0 Å². The zero-order chi connectivity index (χ0) is 15.8. The van der Waals surface area contributed by atoms with Crippen LogP contribution in [0.25, 0.3) is 0 Å². The second-order valence-electron chi connectivity index (χ2n) is 4.48. The first-order valence-electron chi connectivity index (χ1n) is 6.42. The highest BCUT2D eigenvalue weighted by Crippen LogP contribution is 2.19. The van der Waals surface area contributed by atoms with Crippen LogP contribution < -0.4 is 5.32 Å². The van der Waals surface area contributed by atoms with Crippen LogP contribution in [0.1, 0.15) is 16.8 Å². The summed E-state index contributed by atoms with van der Waals surface area (Å²) in [5.74, 6) is -1.04. The third-order valence-electron chi connectivity index (χ3n) is 2.74.